The molecule has 2 aliphatic rings. The predicted molar refractivity (Wildman–Crippen MR) is 162 cm³/mol. The molecule has 226 valence electrons. The van der Waals surface area contributed by atoms with Crippen molar-refractivity contribution in [2.45, 2.75) is 122 Å². The van der Waals surface area contributed by atoms with E-state index in [4.69, 9.17) is 0 Å². The summed E-state index contributed by atoms with van der Waals surface area (Å²) in [7, 11) is 1.60. The number of aromatic amines is 1. The summed E-state index contributed by atoms with van der Waals surface area (Å²) in [6.45, 7) is 9.10. The molecule has 2 heterocycles. The second-order valence-electron chi connectivity index (χ2n) is 12.5. The number of imidazole rings is 1. The minimum absolute atomic E-state index is 0.264. The van der Waals surface area contributed by atoms with Gasteiger partial charge >= 0.3 is 0 Å². The van der Waals surface area contributed by atoms with E-state index in [1.54, 1.807) is 13.2 Å². The zero-order valence-electron chi connectivity index (χ0n) is 25.4. The number of rotatable bonds is 17. The average molecular weight is 571 g/mol. The third-order valence-electron chi connectivity index (χ3n) is 8.51. The van der Waals surface area contributed by atoms with Crippen LogP contribution in [0, 0.1) is 6.92 Å². The maximum atomic E-state index is 13.7. The number of halogens is 3. The number of aromatic nitrogens is 2. The molecule has 0 bridgehead atoms. The Morgan fingerprint density at radius 1 is 1.02 bits per heavy atom. The van der Waals surface area contributed by atoms with E-state index in [0.29, 0.717) is 11.7 Å². The van der Waals surface area contributed by atoms with Crippen molar-refractivity contribution in [2.24, 2.45) is 0 Å². The molecule has 1 aromatic heterocycles. The highest BCUT2D eigenvalue weighted by atomic mass is 19.3. The lowest BCUT2D eigenvalue weighted by atomic mass is 9.95. The van der Waals surface area contributed by atoms with Gasteiger partial charge in [-0.2, -0.15) is 0 Å². The second kappa shape index (κ2) is 15.1. The van der Waals surface area contributed by atoms with Crippen LogP contribution in [0.4, 0.5) is 13.2 Å². The maximum Gasteiger partial charge on any atom is 0.262 e. The molecule has 4 nitrogen and oxygen atoms in total. The van der Waals surface area contributed by atoms with Gasteiger partial charge in [-0.25, -0.2) is 18.2 Å². The fourth-order valence-corrected chi connectivity index (χ4v) is 6.13. The highest BCUT2D eigenvalue weighted by Gasteiger charge is 2.32. The Morgan fingerprint density at radius 3 is 2.37 bits per heavy atom. The first kappa shape index (κ1) is 31.4. The molecule has 1 aliphatic heterocycles. The molecule has 1 saturated carbocycles. The molecule has 0 saturated heterocycles. The molecule has 0 radical (unpaired) electrons. The summed E-state index contributed by atoms with van der Waals surface area (Å²) in [6.07, 6.45) is 14.5. The minimum Gasteiger partial charge on any atom is -0.364 e. The number of hydrogen-bond acceptors (Lipinski definition) is 3. The third-order valence-corrected chi connectivity index (χ3v) is 8.51. The number of allylic oxidation sites excluding steroid dienone is 2. The van der Waals surface area contributed by atoms with Crippen LogP contribution in [-0.4, -0.2) is 45.8 Å². The number of nitrogens with zero attached hydrogens (tertiary/aromatic N) is 3. The molecule has 41 heavy (non-hydrogen) atoms. The summed E-state index contributed by atoms with van der Waals surface area (Å²) in [6, 6.07) is 6.99. The zero-order valence-corrected chi connectivity index (χ0v) is 25.4. The van der Waals surface area contributed by atoms with Crippen molar-refractivity contribution < 1.29 is 13.2 Å². The number of alkyl halides is 2. The molecule has 1 unspecified atom stereocenters. The van der Waals surface area contributed by atoms with Crippen LogP contribution in [0.3, 0.4) is 0 Å². The molecule has 7 heteroatoms. The second-order valence-corrected chi connectivity index (χ2v) is 12.5. The van der Waals surface area contributed by atoms with E-state index < -0.39 is 18.3 Å². The lowest BCUT2D eigenvalue weighted by Gasteiger charge is -2.30. The Morgan fingerprint density at radius 2 is 1.71 bits per heavy atom. The Bertz CT molecular complexity index is 1160. The molecule has 4 rings (SSSR count). The average Bonchev–Trinajstić information content (AvgIpc) is 3.66. The van der Waals surface area contributed by atoms with Gasteiger partial charge in [0.05, 0.1) is 0 Å². The topological polar surface area (TPSA) is 35.2 Å². The first-order valence-corrected chi connectivity index (χ1v) is 15.7. The van der Waals surface area contributed by atoms with Gasteiger partial charge in [0, 0.05) is 43.3 Å². The van der Waals surface area contributed by atoms with Gasteiger partial charge in [-0.1, -0.05) is 76.1 Å². The quantitative estimate of drug-likeness (QED) is 0.193. The summed E-state index contributed by atoms with van der Waals surface area (Å²) in [4.78, 5) is 11.7. The standard InChI is InChI=1S/C34H49F3N4/c1-24(2)30-17-14-25(3)19-26(30)22-41(29-15-16-29)18-12-10-8-6-5-7-9-11-13-28-21-38-34(39-28)32-31(33(36)37)20-27(35)23-40(32)4/h14,17,19-21,23-24,29,32-33H,5-13,15-16,18,22H2,1-4H3,(H,38,39). The largest absolute Gasteiger partial charge is 0.364 e. The normalized spacial score (nSPS) is 17.6. The smallest absolute Gasteiger partial charge is 0.262 e. The Labute approximate surface area is 245 Å². The van der Waals surface area contributed by atoms with Gasteiger partial charge in [0.25, 0.3) is 6.43 Å². The van der Waals surface area contributed by atoms with Crippen molar-refractivity contribution >= 4 is 0 Å². The summed E-state index contributed by atoms with van der Waals surface area (Å²) >= 11 is 0. The van der Waals surface area contributed by atoms with E-state index in [1.807, 2.05) is 0 Å². The number of nitrogens with one attached hydrogen (secondary N) is 1. The molecule has 0 amide bonds. The van der Waals surface area contributed by atoms with Gasteiger partial charge in [-0.15, -0.1) is 0 Å². The van der Waals surface area contributed by atoms with Crippen molar-refractivity contribution in [1.29, 1.82) is 0 Å². The Hall–Kier alpha value is -2.54. The van der Waals surface area contributed by atoms with E-state index in [1.165, 1.54) is 85.7 Å². The lowest BCUT2D eigenvalue weighted by Crippen LogP contribution is -2.28. The Balaban J connectivity index is 1.09. The van der Waals surface area contributed by atoms with Crippen LogP contribution in [0.2, 0.25) is 0 Å². The molecule has 1 atom stereocenters. The van der Waals surface area contributed by atoms with Crippen LogP contribution in [0.15, 0.2) is 48.1 Å². The van der Waals surface area contributed by atoms with Crippen molar-refractivity contribution in [1.82, 2.24) is 19.8 Å². The van der Waals surface area contributed by atoms with E-state index in [0.717, 1.165) is 43.6 Å². The summed E-state index contributed by atoms with van der Waals surface area (Å²) in [5.41, 5.74) is 5.06. The highest BCUT2D eigenvalue weighted by Crippen LogP contribution is 2.35. The third kappa shape index (κ3) is 9.22. The molecule has 1 N–H and O–H groups in total. The number of H-pyrrole nitrogens is 1. The molecular formula is C34H49F3N4. The summed E-state index contributed by atoms with van der Waals surface area (Å²) < 4.78 is 40.6. The lowest BCUT2D eigenvalue weighted by molar-refractivity contribution is 0.160. The number of hydrogen-bond donors (Lipinski definition) is 1. The van der Waals surface area contributed by atoms with Gasteiger partial charge in [-0.05, 0) is 68.7 Å². The monoisotopic (exact) mass is 570 g/mol. The molecule has 0 spiro atoms. The molecule has 1 fully saturated rings. The SMILES string of the molecule is Cc1ccc(C(C)C)c(CN(CCCCCCCCCCc2cnc(C3C(C(F)F)=CC(F)=CN3C)[nH]2)C2CC2)c1. The zero-order chi connectivity index (χ0) is 29.4. The van der Waals surface area contributed by atoms with Crippen LogP contribution in [-0.2, 0) is 13.0 Å². The van der Waals surface area contributed by atoms with Crippen molar-refractivity contribution in [2.75, 3.05) is 13.6 Å². The molecule has 1 aliphatic carbocycles. The van der Waals surface area contributed by atoms with Crippen molar-refractivity contribution in [3.8, 4) is 0 Å². The maximum absolute atomic E-state index is 13.7. The minimum atomic E-state index is -2.73. The first-order valence-electron chi connectivity index (χ1n) is 15.7. The van der Waals surface area contributed by atoms with Crippen LogP contribution in [0.5, 0.6) is 0 Å². The first-order chi connectivity index (χ1) is 19.7. The van der Waals surface area contributed by atoms with Gasteiger partial charge < -0.3 is 9.88 Å². The highest BCUT2D eigenvalue weighted by molar-refractivity contribution is 5.34. The molecule has 1 aromatic carbocycles. The number of aryl methyl sites for hydroxylation is 2. The number of unbranched alkanes of at least 4 members (excludes halogenated alkanes) is 7. The van der Waals surface area contributed by atoms with E-state index >= 15 is 0 Å². The summed E-state index contributed by atoms with van der Waals surface area (Å²) in [5, 5.41) is 0. The number of likely N-dealkylation sites (N-methyl/N-ethyl adjacent to an activating group) is 1. The number of benzene rings is 1. The van der Waals surface area contributed by atoms with Crippen LogP contribution in [0.25, 0.3) is 0 Å². The van der Waals surface area contributed by atoms with Crippen LogP contribution in [0.1, 0.15) is 118 Å². The van der Waals surface area contributed by atoms with Gasteiger partial charge in [-0.3, -0.25) is 4.90 Å². The van der Waals surface area contributed by atoms with Crippen molar-refractivity contribution in [3.63, 3.8) is 0 Å². The van der Waals surface area contributed by atoms with Crippen molar-refractivity contribution in [3.05, 3.63) is 76.3 Å². The van der Waals surface area contributed by atoms with Gasteiger partial charge in [0.2, 0.25) is 0 Å². The van der Waals surface area contributed by atoms with E-state index in [-0.39, 0.29) is 5.57 Å². The van der Waals surface area contributed by atoms with Crippen LogP contribution >= 0.6 is 0 Å². The van der Waals surface area contributed by atoms with Crippen LogP contribution < -0.4 is 0 Å². The van der Waals surface area contributed by atoms with Gasteiger partial charge in [0.15, 0.2) is 0 Å². The summed E-state index contributed by atoms with van der Waals surface area (Å²) in [5.74, 6) is 0.345. The Kier molecular flexibility index (Phi) is 11.5. The van der Waals surface area contributed by atoms with E-state index in [2.05, 4.69) is 53.8 Å². The van der Waals surface area contributed by atoms with E-state index in [9.17, 15) is 13.2 Å². The fraction of sp³-hybridized carbons (Fsp3) is 0.618. The predicted octanol–water partition coefficient (Wildman–Crippen LogP) is 9.16. The molecule has 2 aromatic rings. The molecular weight excluding hydrogens is 521 g/mol. The fourth-order valence-electron chi connectivity index (χ4n) is 6.13. The van der Waals surface area contributed by atoms with Gasteiger partial charge in [0.1, 0.15) is 17.7 Å².